The van der Waals surface area contributed by atoms with E-state index in [0.717, 1.165) is 37.6 Å². The van der Waals surface area contributed by atoms with Crippen LogP contribution in [0.15, 0.2) is 23.1 Å². The Balaban J connectivity index is 1.66. The largest absolute Gasteiger partial charge is 0.327 e. The van der Waals surface area contributed by atoms with Crippen LogP contribution in [0.25, 0.3) is 11.0 Å². The Kier molecular flexibility index (Phi) is 7.00. The zero-order valence-corrected chi connectivity index (χ0v) is 21.2. The molecule has 1 N–H and O–H groups in total. The van der Waals surface area contributed by atoms with Crippen molar-refractivity contribution in [3.63, 3.8) is 0 Å². The van der Waals surface area contributed by atoms with Crippen molar-refractivity contribution in [1.29, 1.82) is 0 Å². The number of fused-ring (bicyclic) bond motifs is 1. The third-order valence-corrected chi connectivity index (χ3v) is 8.86. The molecule has 0 radical (unpaired) electrons. The van der Waals surface area contributed by atoms with Gasteiger partial charge in [-0.1, -0.05) is 33.1 Å². The summed E-state index contributed by atoms with van der Waals surface area (Å²) in [7, 11) is -3.58. The number of aromatic nitrogens is 2. The molecule has 3 amide bonds. The predicted molar refractivity (Wildman–Crippen MR) is 130 cm³/mol. The van der Waals surface area contributed by atoms with Crippen molar-refractivity contribution in [3.8, 4) is 0 Å². The van der Waals surface area contributed by atoms with Gasteiger partial charge in [0.05, 0.1) is 22.5 Å². The number of piperidine rings is 1. The summed E-state index contributed by atoms with van der Waals surface area (Å²) in [5.41, 5.74) is 0.491. The minimum atomic E-state index is -3.58. The van der Waals surface area contributed by atoms with Gasteiger partial charge in [0.2, 0.25) is 10.0 Å². The van der Waals surface area contributed by atoms with Gasteiger partial charge in [0.15, 0.2) is 0 Å². The third-order valence-electron chi connectivity index (χ3n) is 6.97. The summed E-state index contributed by atoms with van der Waals surface area (Å²) in [5, 5.41) is 2.94. The van der Waals surface area contributed by atoms with Crippen molar-refractivity contribution in [2.45, 2.75) is 89.2 Å². The molecule has 2 aliphatic rings. The van der Waals surface area contributed by atoms with E-state index in [1.807, 2.05) is 25.3 Å². The second-order valence-electron chi connectivity index (χ2n) is 9.29. The summed E-state index contributed by atoms with van der Waals surface area (Å²) >= 11 is 0. The molecule has 0 bridgehead atoms. The number of carbonyl (C=O) groups is 2. The standard InChI is InChI=1S/C24H35N5O4S/c1-4-12-24(13-5-2)22(30)29(23(31)26-24)17-21-25-19-16-18(10-11-20(19)28(21)6-3)34(32,33)27-14-8-7-9-15-27/h10-11,16H,4-9,12-15,17H2,1-3H3,(H,26,31). The molecular weight excluding hydrogens is 454 g/mol. The van der Waals surface area contributed by atoms with Gasteiger partial charge in [0, 0.05) is 19.6 Å². The van der Waals surface area contributed by atoms with Gasteiger partial charge in [-0.15, -0.1) is 0 Å². The lowest BCUT2D eigenvalue weighted by Crippen LogP contribution is -2.46. The van der Waals surface area contributed by atoms with Crippen LogP contribution in [-0.2, 0) is 27.9 Å². The molecule has 0 atom stereocenters. The lowest BCUT2D eigenvalue weighted by atomic mass is 9.88. The summed E-state index contributed by atoms with van der Waals surface area (Å²) in [6, 6.07) is 4.62. The van der Waals surface area contributed by atoms with Crippen LogP contribution in [-0.4, -0.2) is 57.7 Å². The number of carbonyl (C=O) groups excluding carboxylic acids is 2. The van der Waals surface area contributed by atoms with Gasteiger partial charge in [-0.2, -0.15) is 4.31 Å². The van der Waals surface area contributed by atoms with Crippen molar-refractivity contribution < 1.29 is 18.0 Å². The smallest absolute Gasteiger partial charge is 0.325 e. The summed E-state index contributed by atoms with van der Waals surface area (Å²) in [5.74, 6) is 0.363. The Labute approximate surface area is 201 Å². The molecule has 2 aromatic rings. The van der Waals surface area contributed by atoms with Gasteiger partial charge < -0.3 is 9.88 Å². The zero-order chi connectivity index (χ0) is 24.5. The van der Waals surface area contributed by atoms with E-state index < -0.39 is 21.6 Å². The summed E-state index contributed by atoms with van der Waals surface area (Å²) < 4.78 is 29.8. The topological polar surface area (TPSA) is 105 Å². The Morgan fingerprint density at radius 1 is 1.03 bits per heavy atom. The van der Waals surface area contributed by atoms with Crippen LogP contribution in [0.2, 0.25) is 0 Å². The van der Waals surface area contributed by atoms with Gasteiger partial charge in [-0.05, 0) is 50.8 Å². The lowest BCUT2D eigenvalue weighted by Gasteiger charge is -2.25. The molecule has 0 saturated carbocycles. The van der Waals surface area contributed by atoms with E-state index >= 15 is 0 Å². The summed E-state index contributed by atoms with van der Waals surface area (Å²) in [6.45, 7) is 7.70. The minimum Gasteiger partial charge on any atom is -0.327 e. The molecule has 3 heterocycles. The van der Waals surface area contributed by atoms with Crippen LogP contribution in [0.5, 0.6) is 0 Å². The Hall–Kier alpha value is -2.46. The van der Waals surface area contributed by atoms with Crippen LogP contribution in [0.3, 0.4) is 0 Å². The molecule has 2 fully saturated rings. The van der Waals surface area contributed by atoms with E-state index in [4.69, 9.17) is 0 Å². The molecule has 34 heavy (non-hydrogen) atoms. The number of imidazole rings is 1. The second kappa shape index (κ2) is 9.65. The third kappa shape index (κ3) is 4.22. The maximum Gasteiger partial charge on any atom is 0.325 e. The molecule has 0 unspecified atom stereocenters. The van der Waals surface area contributed by atoms with E-state index in [0.29, 0.717) is 43.8 Å². The van der Waals surface area contributed by atoms with Gasteiger partial charge in [-0.25, -0.2) is 18.2 Å². The first kappa shape index (κ1) is 24.7. The highest BCUT2D eigenvalue weighted by molar-refractivity contribution is 7.89. The number of rotatable bonds is 9. The molecule has 1 aromatic heterocycles. The fourth-order valence-corrected chi connectivity index (χ4v) is 6.86. The van der Waals surface area contributed by atoms with E-state index in [2.05, 4.69) is 10.3 Å². The first-order valence-corrected chi connectivity index (χ1v) is 13.8. The molecule has 186 valence electrons. The molecular formula is C24H35N5O4S. The molecule has 0 spiro atoms. The summed E-state index contributed by atoms with van der Waals surface area (Å²) in [4.78, 5) is 32.3. The minimum absolute atomic E-state index is 0.0522. The first-order valence-electron chi connectivity index (χ1n) is 12.4. The molecule has 9 nitrogen and oxygen atoms in total. The van der Waals surface area contributed by atoms with Crippen LogP contribution in [0, 0.1) is 0 Å². The van der Waals surface area contributed by atoms with Crippen LogP contribution in [0.1, 0.15) is 71.5 Å². The molecule has 2 saturated heterocycles. The van der Waals surface area contributed by atoms with Crippen molar-refractivity contribution in [3.05, 3.63) is 24.0 Å². The fourth-order valence-electron chi connectivity index (χ4n) is 5.33. The Morgan fingerprint density at radius 2 is 1.71 bits per heavy atom. The average Bonchev–Trinajstić information content (AvgIpc) is 3.29. The van der Waals surface area contributed by atoms with Crippen molar-refractivity contribution in [1.82, 2.24) is 24.1 Å². The highest BCUT2D eigenvalue weighted by Crippen LogP contribution is 2.30. The van der Waals surface area contributed by atoms with Crippen molar-refractivity contribution >= 4 is 33.0 Å². The van der Waals surface area contributed by atoms with Crippen LogP contribution >= 0.6 is 0 Å². The monoisotopic (exact) mass is 489 g/mol. The number of amides is 3. The second-order valence-corrected chi connectivity index (χ2v) is 11.2. The number of nitrogens with one attached hydrogen (secondary N) is 1. The molecule has 10 heteroatoms. The number of hydrogen-bond donors (Lipinski definition) is 1. The number of aryl methyl sites for hydroxylation is 1. The number of urea groups is 1. The molecule has 1 aromatic carbocycles. The van der Waals surface area contributed by atoms with E-state index in [9.17, 15) is 18.0 Å². The van der Waals surface area contributed by atoms with Gasteiger partial charge in [0.1, 0.15) is 11.4 Å². The maximum absolute atomic E-state index is 13.3. The van der Waals surface area contributed by atoms with E-state index in [-0.39, 0.29) is 17.3 Å². The van der Waals surface area contributed by atoms with Crippen molar-refractivity contribution in [2.24, 2.45) is 0 Å². The van der Waals surface area contributed by atoms with E-state index in [1.54, 1.807) is 22.5 Å². The quantitative estimate of drug-likeness (QED) is 0.542. The highest BCUT2D eigenvalue weighted by atomic mass is 32.2. The predicted octanol–water partition coefficient (Wildman–Crippen LogP) is 3.62. The summed E-state index contributed by atoms with van der Waals surface area (Å²) in [6.07, 6.45) is 5.59. The Morgan fingerprint density at radius 3 is 2.32 bits per heavy atom. The van der Waals surface area contributed by atoms with E-state index in [1.165, 1.54) is 4.90 Å². The van der Waals surface area contributed by atoms with Gasteiger partial charge in [0.25, 0.3) is 5.91 Å². The highest BCUT2D eigenvalue weighted by Gasteiger charge is 2.50. The normalized spacial score (nSPS) is 19.2. The number of benzene rings is 1. The van der Waals surface area contributed by atoms with Crippen molar-refractivity contribution in [2.75, 3.05) is 13.1 Å². The fraction of sp³-hybridized carbons (Fsp3) is 0.625. The maximum atomic E-state index is 13.3. The number of nitrogens with zero attached hydrogens (tertiary/aromatic N) is 4. The molecule has 4 rings (SSSR count). The Bertz CT molecular complexity index is 1180. The van der Waals surface area contributed by atoms with Gasteiger partial charge >= 0.3 is 6.03 Å². The lowest BCUT2D eigenvalue weighted by molar-refractivity contribution is -0.132. The molecule has 0 aliphatic carbocycles. The first-order chi connectivity index (χ1) is 16.3. The zero-order valence-electron chi connectivity index (χ0n) is 20.3. The SMILES string of the molecule is CCCC1(CCC)NC(=O)N(Cc2nc3cc(S(=O)(=O)N4CCCCC4)ccc3n2CC)C1=O. The number of hydrogen-bond acceptors (Lipinski definition) is 5. The van der Waals surface area contributed by atoms with Gasteiger partial charge in [-0.3, -0.25) is 9.69 Å². The number of sulfonamides is 1. The average molecular weight is 490 g/mol. The number of imide groups is 1. The van der Waals surface area contributed by atoms with Crippen LogP contribution in [0.4, 0.5) is 4.79 Å². The van der Waals surface area contributed by atoms with Crippen LogP contribution < -0.4 is 5.32 Å². The molecule has 2 aliphatic heterocycles.